The fourth-order valence-electron chi connectivity index (χ4n) is 1.47. The summed E-state index contributed by atoms with van der Waals surface area (Å²) in [4.78, 5) is 0. The molecule has 0 aliphatic carbocycles. The molecule has 0 saturated carbocycles. The van der Waals surface area contributed by atoms with E-state index in [9.17, 15) is 0 Å². The zero-order valence-corrected chi connectivity index (χ0v) is 10.2. The van der Waals surface area contributed by atoms with Crippen molar-refractivity contribution in [3.63, 3.8) is 0 Å². The van der Waals surface area contributed by atoms with Crippen molar-refractivity contribution in [2.45, 2.75) is 24.7 Å². The molecule has 0 aromatic rings. The van der Waals surface area contributed by atoms with Crippen LogP contribution in [0.25, 0.3) is 0 Å². The molecule has 2 aliphatic heterocycles. The molecule has 2 saturated heterocycles. The zero-order chi connectivity index (χ0) is 10.7. The molecular formula is C9H18O5Si. The average Bonchev–Trinajstić information content (AvgIpc) is 3.11. The van der Waals surface area contributed by atoms with E-state index >= 15 is 0 Å². The summed E-state index contributed by atoms with van der Waals surface area (Å²) in [6, 6.07) is 0.755. The Labute approximate surface area is 91.0 Å². The molecule has 2 aliphatic rings. The minimum absolute atomic E-state index is 0.272. The van der Waals surface area contributed by atoms with Gasteiger partial charge in [0.05, 0.1) is 25.4 Å². The third-order valence-corrected chi connectivity index (χ3v) is 5.51. The van der Waals surface area contributed by atoms with Crippen molar-refractivity contribution in [1.82, 2.24) is 0 Å². The highest BCUT2D eigenvalue weighted by Gasteiger charge is 2.45. The highest BCUT2D eigenvalue weighted by Crippen LogP contribution is 2.25. The lowest BCUT2D eigenvalue weighted by Crippen LogP contribution is -2.45. The first-order valence-corrected chi connectivity index (χ1v) is 7.18. The van der Waals surface area contributed by atoms with Crippen LogP contribution < -0.4 is 0 Å². The maximum absolute atomic E-state index is 5.76. The van der Waals surface area contributed by atoms with Crippen LogP contribution in [0.15, 0.2) is 0 Å². The molecular weight excluding hydrogens is 216 g/mol. The van der Waals surface area contributed by atoms with Gasteiger partial charge < -0.3 is 22.8 Å². The van der Waals surface area contributed by atoms with E-state index in [4.69, 9.17) is 22.8 Å². The van der Waals surface area contributed by atoms with Crippen LogP contribution in [-0.4, -0.2) is 55.1 Å². The Kier molecular flexibility index (Phi) is 3.76. The molecule has 0 amide bonds. The third kappa shape index (κ3) is 3.51. The first-order valence-electron chi connectivity index (χ1n) is 5.25. The first kappa shape index (κ1) is 11.5. The number of rotatable bonds is 8. The van der Waals surface area contributed by atoms with E-state index in [1.807, 2.05) is 0 Å². The number of ether oxygens (including phenoxy) is 2. The summed E-state index contributed by atoms with van der Waals surface area (Å²) in [6.45, 7) is 2.31. The molecule has 0 spiro atoms. The van der Waals surface area contributed by atoms with E-state index in [0.717, 1.165) is 25.7 Å². The van der Waals surface area contributed by atoms with E-state index in [2.05, 4.69) is 0 Å². The third-order valence-electron chi connectivity index (χ3n) is 2.67. The molecule has 6 heteroatoms. The van der Waals surface area contributed by atoms with Gasteiger partial charge in [0.2, 0.25) is 0 Å². The van der Waals surface area contributed by atoms with Crippen LogP contribution in [-0.2, 0) is 22.8 Å². The van der Waals surface area contributed by atoms with Gasteiger partial charge in [-0.1, -0.05) is 0 Å². The molecule has 2 fully saturated rings. The molecule has 0 aromatic carbocycles. The lowest BCUT2D eigenvalue weighted by atomic mass is 10.4. The van der Waals surface area contributed by atoms with Crippen molar-refractivity contribution in [2.75, 3.05) is 34.0 Å². The van der Waals surface area contributed by atoms with Gasteiger partial charge in [-0.2, -0.15) is 0 Å². The molecule has 0 N–H and O–H groups in total. The van der Waals surface area contributed by atoms with Gasteiger partial charge in [-0.25, -0.2) is 0 Å². The fraction of sp³-hybridized carbons (Fsp3) is 1.00. The first-order chi connectivity index (χ1) is 7.28. The Morgan fingerprint density at radius 1 is 1.13 bits per heavy atom. The summed E-state index contributed by atoms with van der Waals surface area (Å²) in [5.41, 5.74) is 0. The molecule has 0 aromatic heterocycles. The maximum Gasteiger partial charge on any atom is 0.503 e. The van der Waals surface area contributed by atoms with Crippen LogP contribution in [0.1, 0.15) is 6.42 Å². The standard InChI is InChI=1S/C9H18O5Si/c1-10-15(11-2,7-9-6-13-9)14-4-3-8-5-12-8/h8-9H,3-7H2,1-2H3. The van der Waals surface area contributed by atoms with Crippen molar-refractivity contribution in [3.8, 4) is 0 Å². The van der Waals surface area contributed by atoms with Gasteiger partial charge in [0.1, 0.15) is 0 Å². The van der Waals surface area contributed by atoms with Crippen molar-refractivity contribution >= 4 is 8.80 Å². The van der Waals surface area contributed by atoms with Gasteiger partial charge in [-0.15, -0.1) is 0 Å². The van der Waals surface area contributed by atoms with E-state index in [1.54, 1.807) is 14.2 Å². The molecule has 15 heavy (non-hydrogen) atoms. The Morgan fingerprint density at radius 2 is 1.73 bits per heavy atom. The lowest BCUT2D eigenvalue weighted by Gasteiger charge is -2.25. The highest BCUT2D eigenvalue weighted by atomic mass is 28.4. The fourth-order valence-corrected chi connectivity index (χ4v) is 3.55. The van der Waals surface area contributed by atoms with E-state index in [0.29, 0.717) is 12.7 Å². The number of hydrogen-bond donors (Lipinski definition) is 0. The van der Waals surface area contributed by atoms with Gasteiger partial charge in [-0.3, -0.25) is 0 Å². The summed E-state index contributed by atoms with van der Waals surface area (Å²) in [5.74, 6) is 0. The molecule has 2 rings (SSSR count). The van der Waals surface area contributed by atoms with Crippen molar-refractivity contribution in [3.05, 3.63) is 0 Å². The number of hydrogen-bond acceptors (Lipinski definition) is 5. The summed E-state index contributed by atoms with van der Waals surface area (Å²) in [6.07, 6.45) is 1.59. The number of epoxide rings is 2. The summed E-state index contributed by atoms with van der Waals surface area (Å²) >= 11 is 0. The second-order valence-electron chi connectivity index (χ2n) is 3.84. The van der Waals surface area contributed by atoms with Crippen molar-refractivity contribution in [2.24, 2.45) is 0 Å². The van der Waals surface area contributed by atoms with Crippen molar-refractivity contribution in [1.29, 1.82) is 0 Å². The molecule has 2 atom stereocenters. The summed E-state index contributed by atoms with van der Waals surface area (Å²) in [5, 5.41) is 0. The van der Waals surface area contributed by atoms with E-state index < -0.39 is 8.80 Å². The SMILES string of the molecule is CO[Si](CC1CO1)(OC)OCCC1CO1. The molecule has 88 valence electrons. The predicted octanol–water partition coefficient (Wildman–Crippen LogP) is 0.422. The predicted molar refractivity (Wildman–Crippen MR) is 54.6 cm³/mol. The minimum Gasteiger partial charge on any atom is -0.377 e. The van der Waals surface area contributed by atoms with Crippen LogP contribution in [0.5, 0.6) is 0 Å². The quantitative estimate of drug-likeness (QED) is 0.450. The molecule has 0 radical (unpaired) electrons. The van der Waals surface area contributed by atoms with Crippen LogP contribution >= 0.6 is 0 Å². The molecule has 5 nitrogen and oxygen atoms in total. The zero-order valence-electron chi connectivity index (χ0n) is 9.23. The van der Waals surface area contributed by atoms with Gasteiger partial charge >= 0.3 is 8.80 Å². The molecule has 0 bridgehead atoms. The van der Waals surface area contributed by atoms with Crippen LogP contribution in [0.3, 0.4) is 0 Å². The molecule has 2 unspecified atom stereocenters. The van der Waals surface area contributed by atoms with E-state index in [-0.39, 0.29) is 6.10 Å². The minimum atomic E-state index is -2.46. The van der Waals surface area contributed by atoms with Crippen molar-refractivity contribution < 1.29 is 22.8 Å². The monoisotopic (exact) mass is 234 g/mol. The second kappa shape index (κ2) is 4.90. The second-order valence-corrected chi connectivity index (χ2v) is 6.72. The Bertz CT molecular complexity index is 201. The summed E-state index contributed by atoms with van der Waals surface area (Å²) in [7, 11) is 0.826. The largest absolute Gasteiger partial charge is 0.503 e. The van der Waals surface area contributed by atoms with Crippen LogP contribution in [0.4, 0.5) is 0 Å². The highest BCUT2D eigenvalue weighted by molar-refractivity contribution is 6.60. The Hall–Kier alpha value is 0.0169. The maximum atomic E-state index is 5.76. The van der Waals surface area contributed by atoms with Crippen LogP contribution in [0, 0.1) is 0 Å². The lowest BCUT2D eigenvalue weighted by molar-refractivity contribution is 0.0924. The van der Waals surface area contributed by atoms with Gasteiger partial charge in [0.25, 0.3) is 0 Å². The topological polar surface area (TPSA) is 52.8 Å². The Balaban J connectivity index is 1.73. The van der Waals surface area contributed by atoms with Gasteiger partial charge in [-0.05, 0) is 6.42 Å². The van der Waals surface area contributed by atoms with E-state index in [1.165, 1.54) is 0 Å². The Morgan fingerprint density at radius 3 is 2.20 bits per heavy atom. The normalized spacial score (nSPS) is 29.2. The summed E-state index contributed by atoms with van der Waals surface area (Å²) < 4.78 is 26.9. The molecule has 2 heterocycles. The smallest absolute Gasteiger partial charge is 0.377 e. The average molecular weight is 234 g/mol. The van der Waals surface area contributed by atoms with Gasteiger partial charge in [0.15, 0.2) is 0 Å². The van der Waals surface area contributed by atoms with Crippen LogP contribution in [0.2, 0.25) is 6.04 Å². The van der Waals surface area contributed by atoms with Gasteiger partial charge in [0, 0.05) is 26.9 Å².